The van der Waals surface area contributed by atoms with Crippen molar-refractivity contribution in [2.24, 2.45) is 0 Å². The van der Waals surface area contributed by atoms with Crippen LogP contribution in [0.5, 0.6) is 5.75 Å². The highest BCUT2D eigenvalue weighted by Gasteiger charge is 2.36. The Kier molecular flexibility index (Phi) is 5.67. The van der Waals surface area contributed by atoms with Gasteiger partial charge in [0.1, 0.15) is 11.4 Å². The van der Waals surface area contributed by atoms with Crippen LogP contribution in [0.1, 0.15) is 16.9 Å². The first-order valence-corrected chi connectivity index (χ1v) is 9.86. The fourth-order valence-corrected chi connectivity index (χ4v) is 3.88. The number of methoxy groups -OCH3 is 1. The van der Waals surface area contributed by atoms with Crippen LogP contribution in [0.2, 0.25) is 0 Å². The highest BCUT2D eigenvalue weighted by molar-refractivity contribution is 7.89. The Morgan fingerprint density at radius 3 is 2.38 bits per heavy atom. The van der Waals surface area contributed by atoms with E-state index in [4.69, 9.17) is 4.74 Å². The predicted octanol–water partition coefficient (Wildman–Crippen LogP) is 4.16. The number of alkyl halides is 3. The quantitative estimate of drug-likeness (QED) is 0.640. The molecule has 0 amide bonds. The topological polar surface area (TPSA) is 81.4 Å². The van der Waals surface area contributed by atoms with Crippen molar-refractivity contribution in [1.29, 1.82) is 0 Å². The summed E-state index contributed by atoms with van der Waals surface area (Å²) in [4.78, 5) is -0.0555. The van der Waals surface area contributed by atoms with Gasteiger partial charge in [-0.1, -0.05) is 29.4 Å². The predicted molar refractivity (Wildman–Crippen MR) is 98.7 cm³/mol. The second-order valence-corrected chi connectivity index (χ2v) is 7.96. The maximum Gasteiger partial charge on any atom is 0.452 e. The van der Waals surface area contributed by atoms with E-state index in [1.807, 2.05) is 0 Å². The summed E-state index contributed by atoms with van der Waals surface area (Å²) < 4.78 is 75.5. The molecule has 1 N–H and O–H groups in total. The molecule has 0 aliphatic heterocycles. The molecule has 0 aliphatic rings. The lowest BCUT2D eigenvalue weighted by molar-refractivity contribution is -0.155. The second kappa shape index (κ2) is 7.88. The minimum Gasteiger partial charge on any atom is -0.497 e. The van der Waals surface area contributed by atoms with E-state index in [2.05, 4.69) is 14.4 Å². The maximum absolute atomic E-state index is 12.7. The Bertz CT molecular complexity index is 1110. The van der Waals surface area contributed by atoms with Crippen LogP contribution in [-0.4, -0.2) is 20.7 Å². The third-order valence-electron chi connectivity index (χ3n) is 4.19. The summed E-state index contributed by atoms with van der Waals surface area (Å²) in [5.41, 5.74) is 1.24. The number of hydrogen-bond acceptors (Lipinski definition) is 5. The van der Waals surface area contributed by atoms with Crippen molar-refractivity contribution in [3.05, 3.63) is 65.4 Å². The number of nitrogens with zero attached hydrogens (tertiary/aromatic N) is 1. The molecule has 0 saturated carbocycles. The highest BCUT2D eigenvalue weighted by atomic mass is 32.2. The van der Waals surface area contributed by atoms with Crippen LogP contribution >= 0.6 is 0 Å². The summed E-state index contributed by atoms with van der Waals surface area (Å²) >= 11 is 0. The van der Waals surface area contributed by atoms with Crippen molar-refractivity contribution in [3.63, 3.8) is 0 Å². The van der Waals surface area contributed by atoms with E-state index < -0.39 is 22.0 Å². The molecule has 3 aromatic rings. The Morgan fingerprint density at radius 2 is 1.79 bits per heavy atom. The third kappa shape index (κ3) is 4.77. The first-order chi connectivity index (χ1) is 13.6. The number of halogens is 3. The summed E-state index contributed by atoms with van der Waals surface area (Å²) in [5, 5.41) is 3.39. The third-order valence-corrected chi connectivity index (χ3v) is 5.73. The van der Waals surface area contributed by atoms with E-state index in [9.17, 15) is 21.6 Å². The molecule has 29 heavy (non-hydrogen) atoms. The molecule has 0 bridgehead atoms. The highest BCUT2D eigenvalue weighted by Crippen LogP contribution is 2.33. The van der Waals surface area contributed by atoms with Crippen LogP contribution in [0.4, 0.5) is 13.2 Å². The van der Waals surface area contributed by atoms with E-state index in [1.165, 1.54) is 25.3 Å². The number of aryl methyl sites for hydroxylation is 1. The van der Waals surface area contributed by atoms with Gasteiger partial charge >= 0.3 is 6.18 Å². The number of ether oxygens (including phenoxy) is 1. The molecule has 0 aliphatic carbocycles. The van der Waals surface area contributed by atoms with Crippen molar-refractivity contribution in [2.75, 3.05) is 7.11 Å². The van der Waals surface area contributed by atoms with Gasteiger partial charge in [-0.05, 0) is 36.2 Å². The monoisotopic (exact) mass is 426 g/mol. The lowest BCUT2D eigenvalue weighted by Gasteiger charge is -2.11. The molecule has 0 atom stereocenters. The summed E-state index contributed by atoms with van der Waals surface area (Å²) in [5.74, 6) is -0.610. The molecular formula is C19H17F3N2O4S. The Morgan fingerprint density at radius 1 is 1.10 bits per heavy atom. The van der Waals surface area contributed by atoms with Gasteiger partial charge in [-0.3, -0.25) is 0 Å². The standard InChI is InChI=1S/C19H17F3N2O4S/c1-12-3-6-14(16-10-18(28-24-16)19(20,21)22)9-17(12)29(25,26)23-11-13-4-7-15(27-2)8-5-13/h3-10,23H,11H2,1-2H3. The molecule has 0 fully saturated rings. The average molecular weight is 426 g/mol. The molecule has 0 unspecified atom stereocenters. The molecular weight excluding hydrogens is 409 g/mol. The number of aromatic nitrogens is 1. The number of rotatable bonds is 6. The smallest absolute Gasteiger partial charge is 0.452 e. The Balaban J connectivity index is 1.85. The molecule has 3 rings (SSSR count). The van der Waals surface area contributed by atoms with Crippen molar-refractivity contribution in [3.8, 4) is 17.0 Å². The normalized spacial score (nSPS) is 12.2. The zero-order valence-electron chi connectivity index (χ0n) is 15.4. The van der Waals surface area contributed by atoms with Crippen molar-refractivity contribution in [1.82, 2.24) is 9.88 Å². The van der Waals surface area contributed by atoms with Gasteiger partial charge in [-0.15, -0.1) is 0 Å². The van der Waals surface area contributed by atoms with Gasteiger partial charge in [0.2, 0.25) is 15.8 Å². The molecule has 2 aromatic carbocycles. The second-order valence-electron chi connectivity index (χ2n) is 6.23. The van der Waals surface area contributed by atoms with Gasteiger partial charge in [0.15, 0.2) is 0 Å². The van der Waals surface area contributed by atoms with Crippen LogP contribution in [0.25, 0.3) is 11.3 Å². The van der Waals surface area contributed by atoms with Gasteiger partial charge in [-0.2, -0.15) is 13.2 Å². The van der Waals surface area contributed by atoms with Gasteiger partial charge < -0.3 is 9.26 Å². The molecule has 6 nitrogen and oxygen atoms in total. The largest absolute Gasteiger partial charge is 0.497 e. The van der Waals surface area contributed by atoms with E-state index in [0.29, 0.717) is 11.3 Å². The van der Waals surface area contributed by atoms with Gasteiger partial charge in [0.25, 0.3) is 0 Å². The molecule has 1 heterocycles. The maximum atomic E-state index is 12.7. The molecule has 0 saturated heterocycles. The van der Waals surface area contributed by atoms with Crippen molar-refractivity contribution >= 4 is 10.0 Å². The zero-order valence-corrected chi connectivity index (χ0v) is 16.3. The molecule has 154 valence electrons. The fourth-order valence-electron chi connectivity index (χ4n) is 2.59. The van der Waals surface area contributed by atoms with Gasteiger partial charge in [-0.25, -0.2) is 13.1 Å². The number of sulfonamides is 1. The molecule has 1 aromatic heterocycles. The lowest BCUT2D eigenvalue weighted by atomic mass is 10.1. The molecule has 0 spiro atoms. The Labute approximate surface area is 165 Å². The average Bonchev–Trinajstić information content (AvgIpc) is 3.18. The summed E-state index contributed by atoms with van der Waals surface area (Å²) in [6, 6.07) is 11.8. The first-order valence-electron chi connectivity index (χ1n) is 8.38. The van der Waals surface area contributed by atoms with Crippen molar-refractivity contribution in [2.45, 2.75) is 24.5 Å². The molecule has 10 heteroatoms. The number of nitrogens with one attached hydrogen (secondary N) is 1. The van der Waals surface area contributed by atoms with Crippen LogP contribution in [0.3, 0.4) is 0 Å². The summed E-state index contributed by atoms with van der Waals surface area (Å²) in [7, 11) is -2.39. The number of hydrogen-bond donors (Lipinski definition) is 1. The molecule has 0 radical (unpaired) electrons. The summed E-state index contributed by atoms with van der Waals surface area (Å²) in [6.45, 7) is 1.63. The minimum absolute atomic E-state index is 0.0399. The van der Waals surface area contributed by atoms with E-state index >= 15 is 0 Å². The van der Waals surface area contributed by atoms with E-state index in [-0.39, 0.29) is 22.7 Å². The minimum atomic E-state index is -4.68. The van der Waals surface area contributed by atoms with Crippen molar-refractivity contribution < 1.29 is 30.8 Å². The first kappa shape index (κ1) is 20.9. The van der Waals surface area contributed by atoms with Crippen LogP contribution in [0, 0.1) is 6.92 Å². The van der Waals surface area contributed by atoms with E-state index in [1.54, 1.807) is 31.2 Å². The van der Waals surface area contributed by atoms with Crippen LogP contribution in [-0.2, 0) is 22.7 Å². The number of benzene rings is 2. The van der Waals surface area contributed by atoms with E-state index in [0.717, 1.165) is 11.6 Å². The SMILES string of the molecule is COc1ccc(CNS(=O)(=O)c2cc(-c3cc(C(F)(F)F)on3)ccc2C)cc1. The van der Waals surface area contributed by atoms with Crippen LogP contribution in [0.15, 0.2) is 57.9 Å². The Hall–Kier alpha value is -2.85. The lowest BCUT2D eigenvalue weighted by Crippen LogP contribution is -2.24. The fraction of sp³-hybridized carbons (Fsp3) is 0.211. The zero-order chi connectivity index (χ0) is 21.2. The van der Waals surface area contributed by atoms with Crippen LogP contribution < -0.4 is 9.46 Å². The van der Waals surface area contributed by atoms with Gasteiger partial charge in [0, 0.05) is 18.2 Å². The van der Waals surface area contributed by atoms with Gasteiger partial charge in [0.05, 0.1) is 12.0 Å². The summed E-state index contributed by atoms with van der Waals surface area (Å²) in [6.07, 6.45) is -4.68.